The summed E-state index contributed by atoms with van der Waals surface area (Å²) in [4.78, 5) is 28.3. The first-order valence-corrected chi connectivity index (χ1v) is 7.68. The van der Waals surface area contributed by atoms with Crippen LogP contribution in [0.25, 0.3) is 0 Å². The second-order valence-corrected chi connectivity index (χ2v) is 6.02. The van der Waals surface area contributed by atoms with E-state index in [0.717, 1.165) is 32.4 Å². The fourth-order valence-corrected chi connectivity index (χ4v) is 2.42. The van der Waals surface area contributed by atoms with Crippen LogP contribution in [-0.4, -0.2) is 61.4 Å². The molecule has 2 amide bonds. The summed E-state index contributed by atoms with van der Waals surface area (Å²) in [6, 6.07) is -0.344. The third kappa shape index (κ3) is 5.12. The van der Waals surface area contributed by atoms with Crippen molar-refractivity contribution in [1.82, 2.24) is 15.1 Å². The van der Waals surface area contributed by atoms with Crippen molar-refractivity contribution in [2.45, 2.75) is 45.6 Å². The van der Waals surface area contributed by atoms with Crippen LogP contribution >= 0.6 is 0 Å². The summed E-state index contributed by atoms with van der Waals surface area (Å²) in [7, 11) is 4.11. The van der Waals surface area contributed by atoms with E-state index in [-0.39, 0.29) is 23.8 Å². The lowest BCUT2D eigenvalue weighted by Crippen LogP contribution is -2.48. The smallest absolute Gasteiger partial charge is 0.245 e. The fraction of sp³-hybridized carbons (Fsp3) is 0.867. The topological polar surface area (TPSA) is 52.7 Å². The first-order valence-electron chi connectivity index (χ1n) is 7.68. The molecule has 5 nitrogen and oxygen atoms in total. The second-order valence-electron chi connectivity index (χ2n) is 6.02. The van der Waals surface area contributed by atoms with Crippen molar-refractivity contribution in [2.75, 3.05) is 33.7 Å². The van der Waals surface area contributed by atoms with E-state index in [1.54, 1.807) is 0 Å². The Balaban J connectivity index is 2.56. The van der Waals surface area contributed by atoms with Gasteiger partial charge in [0.15, 0.2) is 0 Å². The van der Waals surface area contributed by atoms with E-state index < -0.39 is 0 Å². The average molecular weight is 283 g/mol. The number of rotatable bonds is 7. The lowest BCUT2D eigenvalue weighted by Gasteiger charge is -2.27. The highest BCUT2D eigenvalue weighted by atomic mass is 16.2. The van der Waals surface area contributed by atoms with E-state index in [2.05, 4.69) is 31.2 Å². The number of carbonyl (C=O) groups excluding carboxylic acids is 2. The van der Waals surface area contributed by atoms with Gasteiger partial charge in [0.05, 0.1) is 0 Å². The molecule has 1 saturated heterocycles. The minimum Gasteiger partial charge on any atom is -0.344 e. The first-order chi connectivity index (χ1) is 9.45. The van der Waals surface area contributed by atoms with Crippen LogP contribution in [0.3, 0.4) is 0 Å². The van der Waals surface area contributed by atoms with Crippen LogP contribution in [0.5, 0.6) is 0 Å². The van der Waals surface area contributed by atoms with Gasteiger partial charge in [-0.1, -0.05) is 20.3 Å². The molecular formula is C15H29N3O2. The minimum absolute atomic E-state index is 0.000517. The van der Waals surface area contributed by atoms with Crippen LogP contribution in [0.1, 0.15) is 39.5 Å². The Morgan fingerprint density at radius 1 is 1.35 bits per heavy atom. The molecule has 1 aliphatic heterocycles. The summed E-state index contributed by atoms with van der Waals surface area (Å²) in [5, 5.41) is 2.88. The van der Waals surface area contributed by atoms with Crippen molar-refractivity contribution in [3.63, 3.8) is 0 Å². The van der Waals surface area contributed by atoms with Gasteiger partial charge in [0.25, 0.3) is 0 Å². The van der Waals surface area contributed by atoms with Crippen molar-refractivity contribution in [2.24, 2.45) is 5.92 Å². The SMILES string of the molecule is CCC(C)C1NC(=O)CCN(CCCCN(C)C)C1=O. The number of unbranched alkanes of at least 4 members (excludes halogenated alkanes) is 1. The summed E-state index contributed by atoms with van der Waals surface area (Å²) in [6.07, 6.45) is 3.38. The van der Waals surface area contributed by atoms with Crippen molar-refractivity contribution in [3.05, 3.63) is 0 Å². The van der Waals surface area contributed by atoms with Gasteiger partial charge in [0.1, 0.15) is 6.04 Å². The van der Waals surface area contributed by atoms with Gasteiger partial charge >= 0.3 is 0 Å². The normalized spacial score (nSPS) is 21.9. The molecule has 2 atom stereocenters. The fourth-order valence-electron chi connectivity index (χ4n) is 2.42. The quantitative estimate of drug-likeness (QED) is 0.712. The Labute approximate surface area is 122 Å². The molecule has 0 spiro atoms. The predicted molar refractivity (Wildman–Crippen MR) is 80.4 cm³/mol. The molecule has 0 aromatic heterocycles. The molecule has 0 aliphatic carbocycles. The highest BCUT2D eigenvalue weighted by Gasteiger charge is 2.32. The number of hydrogen-bond donors (Lipinski definition) is 1. The average Bonchev–Trinajstić information content (AvgIpc) is 2.54. The molecule has 0 saturated carbocycles. The summed E-state index contributed by atoms with van der Waals surface area (Å²) in [5.41, 5.74) is 0. The van der Waals surface area contributed by atoms with Crippen LogP contribution in [0, 0.1) is 5.92 Å². The van der Waals surface area contributed by atoms with E-state index in [0.29, 0.717) is 13.0 Å². The van der Waals surface area contributed by atoms with Crippen LogP contribution in [0.4, 0.5) is 0 Å². The van der Waals surface area contributed by atoms with Crippen molar-refractivity contribution < 1.29 is 9.59 Å². The summed E-state index contributed by atoms with van der Waals surface area (Å²) < 4.78 is 0. The van der Waals surface area contributed by atoms with Gasteiger partial charge in [-0.15, -0.1) is 0 Å². The maximum absolute atomic E-state index is 12.5. The molecule has 0 aromatic rings. The second kappa shape index (κ2) is 8.25. The molecular weight excluding hydrogens is 254 g/mol. The van der Waals surface area contributed by atoms with E-state index in [9.17, 15) is 9.59 Å². The molecule has 1 aliphatic rings. The van der Waals surface area contributed by atoms with E-state index in [1.165, 1.54) is 0 Å². The van der Waals surface area contributed by atoms with Gasteiger partial charge in [0, 0.05) is 19.5 Å². The number of nitrogens with zero attached hydrogens (tertiary/aromatic N) is 2. The zero-order valence-electron chi connectivity index (χ0n) is 13.3. The number of carbonyl (C=O) groups is 2. The van der Waals surface area contributed by atoms with E-state index in [4.69, 9.17) is 0 Å². The molecule has 1 fully saturated rings. The number of amides is 2. The van der Waals surface area contributed by atoms with Gasteiger partial charge in [-0.2, -0.15) is 0 Å². The van der Waals surface area contributed by atoms with Crippen molar-refractivity contribution in [3.8, 4) is 0 Å². The zero-order chi connectivity index (χ0) is 15.1. The minimum atomic E-state index is -0.344. The molecule has 0 radical (unpaired) electrons. The Kier molecular flexibility index (Phi) is 6.99. The molecule has 1 rings (SSSR count). The highest BCUT2D eigenvalue weighted by Crippen LogP contribution is 2.14. The molecule has 2 unspecified atom stereocenters. The largest absolute Gasteiger partial charge is 0.344 e. The monoisotopic (exact) mass is 283 g/mol. The summed E-state index contributed by atoms with van der Waals surface area (Å²) in [5.74, 6) is 0.281. The van der Waals surface area contributed by atoms with Crippen molar-refractivity contribution >= 4 is 11.8 Å². The molecule has 1 N–H and O–H groups in total. The lowest BCUT2D eigenvalue weighted by molar-refractivity contribution is -0.135. The molecule has 20 heavy (non-hydrogen) atoms. The standard InChI is InChI=1S/C15H29N3O2/c1-5-12(2)14-15(20)18(11-8-13(19)16-14)10-7-6-9-17(3)4/h12,14H,5-11H2,1-4H3,(H,16,19). The molecule has 0 aromatic carbocycles. The Morgan fingerprint density at radius 3 is 2.65 bits per heavy atom. The van der Waals surface area contributed by atoms with Gasteiger partial charge < -0.3 is 15.1 Å². The van der Waals surface area contributed by atoms with Crippen LogP contribution in [0.2, 0.25) is 0 Å². The van der Waals surface area contributed by atoms with Crippen molar-refractivity contribution in [1.29, 1.82) is 0 Å². The lowest BCUT2D eigenvalue weighted by atomic mass is 9.98. The Hall–Kier alpha value is -1.10. The molecule has 5 heteroatoms. The summed E-state index contributed by atoms with van der Waals surface area (Å²) in [6.45, 7) is 6.43. The Morgan fingerprint density at radius 2 is 2.05 bits per heavy atom. The third-order valence-electron chi connectivity index (χ3n) is 4.00. The third-order valence-corrected chi connectivity index (χ3v) is 4.00. The number of nitrogens with one attached hydrogen (secondary N) is 1. The summed E-state index contributed by atoms with van der Waals surface area (Å²) >= 11 is 0. The zero-order valence-corrected chi connectivity index (χ0v) is 13.3. The first kappa shape index (κ1) is 17.0. The highest BCUT2D eigenvalue weighted by molar-refractivity contribution is 5.90. The maximum atomic E-state index is 12.5. The molecule has 116 valence electrons. The van der Waals surface area contributed by atoms with E-state index in [1.807, 2.05) is 11.8 Å². The molecule has 1 heterocycles. The Bertz CT molecular complexity index is 331. The van der Waals surface area contributed by atoms with Gasteiger partial charge in [-0.3, -0.25) is 9.59 Å². The van der Waals surface area contributed by atoms with Crippen LogP contribution in [0.15, 0.2) is 0 Å². The number of hydrogen-bond acceptors (Lipinski definition) is 3. The van der Waals surface area contributed by atoms with Gasteiger partial charge in [-0.05, 0) is 39.4 Å². The van der Waals surface area contributed by atoms with Gasteiger partial charge in [0.2, 0.25) is 11.8 Å². The maximum Gasteiger partial charge on any atom is 0.245 e. The van der Waals surface area contributed by atoms with Crippen LogP contribution in [-0.2, 0) is 9.59 Å². The predicted octanol–water partition coefficient (Wildman–Crippen LogP) is 1.09. The van der Waals surface area contributed by atoms with Gasteiger partial charge in [-0.25, -0.2) is 0 Å². The van der Waals surface area contributed by atoms with E-state index >= 15 is 0 Å². The molecule has 0 bridgehead atoms. The van der Waals surface area contributed by atoms with Crippen LogP contribution < -0.4 is 5.32 Å².